The number of ether oxygens (including phenoxy) is 1. The van der Waals surface area contributed by atoms with Gasteiger partial charge < -0.3 is 19.6 Å². The molecule has 3 aromatic rings. The van der Waals surface area contributed by atoms with Crippen molar-refractivity contribution in [2.75, 3.05) is 12.3 Å². The second-order valence-corrected chi connectivity index (χ2v) is 3.96. The van der Waals surface area contributed by atoms with Crippen molar-refractivity contribution in [3.63, 3.8) is 0 Å². The summed E-state index contributed by atoms with van der Waals surface area (Å²) in [7, 11) is 0. The molecular formula is C12H13N5O2. The lowest BCUT2D eigenvalue weighted by Crippen LogP contribution is -2.05. The first kappa shape index (κ1) is 11.5. The average Bonchev–Trinajstić information content (AvgIpc) is 3.01. The van der Waals surface area contributed by atoms with E-state index in [0.29, 0.717) is 24.9 Å². The Morgan fingerprint density at radius 3 is 3.05 bits per heavy atom. The smallest absolute Gasteiger partial charge is 0.213 e. The zero-order chi connectivity index (χ0) is 13.2. The molecule has 0 radical (unpaired) electrons. The fourth-order valence-electron chi connectivity index (χ4n) is 1.98. The molecule has 0 unspecified atom stereocenters. The van der Waals surface area contributed by atoms with Crippen molar-refractivity contribution in [1.29, 1.82) is 0 Å². The zero-order valence-electron chi connectivity index (χ0n) is 10.4. The summed E-state index contributed by atoms with van der Waals surface area (Å²) in [6.07, 6.45) is 1.29. The standard InChI is InChI=1S/C12H13N5O2/c1-2-18-9-5-3-4-8-11(9)15-12(13)17(8)6-10-14-7-19-16-10/h3-5,7H,2,6H2,1H3,(H2,13,15). The van der Waals surface area contributed by atoms with Crippen molar-refractivity contribution < 1.29 is 9.26 Å². The average molecular weight is 259 g/mol. The molecule has 2 heterocycles. The Labute approximate surface area is 109 Å². The molecule has 0 aliphatic rings. The van der Waals surface area contributed by atoms with Crippen LogP contribution in [0.4, 0.5) is 5.95 Å². The van der Waals surface area contributed by atoms with Gasteiger partial charge in [0.05, 0.1) is 18.7 Å². The minimum absolute atomic E-state index is 0.395. The summed E-state index contributed by atoms with van der Waals surface area (Å²) in [5.74, 6) is 1.67. The molecule has 0 bridgehead atoms. The van der Waals surface area contributed by atoms with E-state index >= 15 is 0 Å². The molecule has 0 aliphatic heterocycles. The third-order valence-corrected chi connectivity index (χ3v) is 2.78. The lowest BCUT2D eigenvalue weighted by Gasteiger charge is -2.05. The summed E-state index contributed by atoms with van der Waals surface area (Å²) in [5.41, 5.74) is 7.57. The Balaban J connectivity index is 2.09. The van der Waals surface area contributed by atoms with Crippen molar-refractivity contribution in [3.8, 4) is 5.75 Å². The molecule has 2 N–H and O–H groups in total. The highest BCUT2D eigenvalue weighted by Crippen LogP contribution is 2.27. The summed E-state index contributed by atoms with van der Waals surface area (Å²) in [5, 5.41) is 3.78. The summed E-state index contributed by atoms with van der Waals surface area (Å²) in [4.78, 5) is 8.33. The van der Waals surface area contributed by atoms with Gasteiger partial charge in [0.2, 0.25) is 12.3 Å². The Morgan fingerprint density at radius 2 is 2.32 bits per heavy atom. The Morgan fingerprint density at radius 1 is 1.42 bits per heavy atom. The molecular weight excluding hydrogens is 246 g/mol. The van der Waals surface area contributed by atoms with E-state index in [1.807, 2.05) is 29.7 Å². The van der Waals surface area contributed by atoms with E-state index in [9.17, 15) is 0 Å². The molecule has 0 spiro atoms. The maximum atomic E-state index is 5.95. The fraction of sp³-hybridized carbons (Fsp3) is 0.250. The molecule has 0 saturated carbocycles. The maximum absolute atomic E-state index is 5.95. The van der Waals surface area contributed by atoms with E-state index in [4.69, 9.17) is 15.0 Å². The van der Waals surface area contributed by atoms with E-state index in [-0.39, 0.29) is 0 Å². The van der Waals surface area contributed by atoms with E-state index < -0.39 is 0 Å². The first-order valence-electron chi connectivity index (χ1n) is 5.92. The van der Waals surface area contributed by atoms with Crippen molar-refractivity contribution >= 4 is 17.0 Å². The normalized spacial score (nSPS) is 11.0. The van der Waals surface area contributed by atoms with Crippen molar-refractivity contribution in [2.24, 2.45) is 0 Å². The summed E-state index contributed by atoms with van der Waals surface area (Å²) < 4.78 is 12.1. The van der Waals surface area contributed by atoms with Crippen LogP contribution in [0.15, 0.2) is 29.1 Å². The largest absolute Gasteiger partial charge is 0.492 e. The van der Waals surface area contributed by atoms with E-state index in [2.05, 4.69) is 15.1 Å². The summed E-state index contributed by atoms with van der Waals surface area (Å²) in [6, 6.07) is 5.71. The number of para-hydroxylation sites is 1. The number of hydrogen-bond acceptors (Lipinski definition) is 6. The molecule has 3 rings (SSSR count). The molecule has 7 heteroatoms. The third kappa shape index (κ3) is 1.99. The molecule has 0 atom stereocenters. The number of hydrogen-bond donors (Lipinski definition) is 1. The highest BCUT2D eigenvalue weighted by atomic mass is 16.5. The van der Waals surface area contributed by atoms with Crippen molar-refractivity contribution in [3.05, 3.63) is 30.4 Å². The highest BCUT2D eigenvalue weighted by molar-refractivity contribution is 5.84. The number of fused-ring (bicyclic) bond motifs is 1. The topological polar surface area (TPSA) is 92.0 Å². The van der Waals surface area contributed by atoms with Crippen LogP contribution in [0.25, 0.3) is 11.0 Å². The van der Waals surface area contributed by atoms with Crippen molar-refractivity contribution in [1.82, 2.24) is 19.7 Å². The van der Waals surface area contributed by atoms with E-state index in [1.54, 1.807) is 0 Å². The Bertz CT molecular complexity index is 690. The number of imidazole rings is 1. The van der Waals surface area contributed by atoms with Gasteiger partial charge in [-0.05, 0) is 19.1 Å². The molecule has 19 heavy (non-hydrogen) atoms. The monoisotopic (exact) mass is 259 g/mol. The molecule has 0 fully saturated rings. The molecule has 2 aromatic heterocycles. The van der Waals surface area contributed by atoms with E-state index in [0.717, 1.165) is 16.8 Å². The van der Waals surface area contributed by atoms with Crippen LogP contribution >= 0.6 is 0 Å². The molecule has 0 aliphatic carbocycles. The van der Waals surface area contributed by atoms with Gasteiger partial charge in [-0.15, -0.1) is 0 Å². The molecule has 7 nitrogen and oxygen atoms in total. The van der Waals surface area contributed by atoms with Gasteiger partial charge in [0.1, 0.15) is 11.3 Å². The number of nitrogens with zero attached hydrogens (tertiary/aromatic N) is 4. The van der Waals surface area contributed by atoms with Crippen LogP contribution in [0.5, 0.6) is 5.75 Å². The number of aromatic nitrogens is 4. The quantitative estimate of drug-likeness (QED) is 0.762. The van der Waals surface area contributed by atoms with Gasteiger partial charge in [0.15, 0.2) is 5.82 Å². The van der Waals surface area contributed by atoms with Gasteiger partial charge in [0.25, 0.3) is 0 Å². The minimum atomic E-state index is 0.395. The number of rotatable bonds is 4. The molecule has 98 valence electrons. The lowest BCUT2D eigenvalue weighted by molar-refractivity contribution is 0.343. The summed E-state index contributed by atoms with van der Waals surface area (Å²) >= 11 is 0. The van der Waals surface area contributed by atoms with Crippen LogP contribution < -0.4 is 10.5 Å². The number of nitrogen functional groups attached to an aromatic ring is 1. The molecule has 1 aromatic carbocycles. The fourth-order valence-corrected chi connectivity index (χ4v) is 1.98. The van der Waals surface area contributed by atoms with Gasteiger partial charge in [-0.1, -0.05) is 11.2 Å². The van der Waals surface area contributed by atoms with Crippen LogP contribution in [0, 0.1) is 0 Å². The summed E-state index contributed by atoms with van der Waals surface area (Å²) in [6.45, 7) is 2.92. The van der Waals surface area contributed by atoms with Crippen LogP contribution in [-0.4, -0.2) is 26.3 Å². The van der Waals surface area contributed by atoms with Crippen LogP contribution in [0.2, 0.25) is 0 Å². The maximum Gasteiger partial charge on any atom is 0.213 e. The number of nitrogens with two attached hydrogens (primary N) is 1. The second kappa shape index (κ2) is 4.60. The minimum Gasteiger partial charge on any atom is -0.492 e. The molecule has 0 amide bonds. The lowest BCUT2D eigenvalue weighted by atomic mass is 10.3. The van der Waals surface area contributed by atoms with Crippen LogP contribution in [0.3, 0.4) is 0 Å². The number of anilines is 1. The van der Waals surface area contributed by atoms with Gasteiger partial charge >= 0.3 is 0 Å². The second-order valence-electron chi connectivity index (χ2n) is 3.96. The van der Waals surface area contributed by atoms with Crippen LogP contribution in [0.1, 0.15) is 12.7 Å². The first-order valence-corrected chi connectivity index (χ1v) is 5.92. The predicted octanol–water partition coefficient (Wildman–Crippen LogP) is 1.45. The predicted molar refractivity (Wildman–Crippen MR) is 68.7 cm³/mol. The Hall–Kier alpha value is -2.57. The van der Waals surface area contributed by atoms with Gasteiger partial charge in [0, 0.05) is 0 Å². The third-order valence-electron chi connectivity index (χ3n) is 2.78. The first-order chi connectivity index (χ1) is 9.29. The van der Waals surface area contributed by atoms with Gasteiger partial charge in [-0.25, -0.2) is 4.98 Å². The zero-order valence-corrected chi connectivity index (χ0v) is 10.4. The van der Waals surface area contributed by atoms with E-state index in [1.165, 1.54) is 6.39 Å². The number of benzene rings is 1. The molecule has 0 saturated heterocycles. The SMILES string of the molecule is CCOc1cccc2c1nc(N)n2Cc1ncon1. The van der Waals surface area contributed by atoms with Crippen molar-refractivity contribution in [2.45, 2.75) is 13.5 Å². The van der Waals surface area contributed by atoms with Gasteiger partial charge in [-0.3, -0.25) is 0 Å². The van der Waals surface area contributed by atoms with Crippen LogP contribution in [-0.2, 0) is 6.54 Å². The Kier molecular flexibility index (Phi) is 2.79. The van der Waals surface area contributed by atoms with Gasteiger partial charge in [-0.2, -0.15) is 4.98 Å². The highest BCUT2D eigenvalue weighted by Gasteiger charge is 2.13.